The van der Waals surface area contributed by atoms with E-state index in [0.29, 0.717) is 42.8 Å². The van der Waals surface area contributed by atoms with Crippen molar-refractivity contribution in [2.24, 2.45) is 0 Å². The van der Waals surface area contributed by atoms with Crippen molar-refractivity contribution in [3.63, 3.8) is 0 Å². The molecule has 7 heteroatoms. The van der Waals surface area contributed by atoms with Crippen LogP contribution < -0.4 is 9.47 Å². The molecule has 6 nitrogen and oxygen atoms in total. The first-order chi connectivity index (χ1) is 18.0. The number of hydrogen-bond donors (Lipinski definition) is 0. The number of likely N-dealkylation sites (N-methyl/N-ethyl adjacent to an activating group) is 1. The molecule has 1 aliphatic rings. The SMILES string of the molecule is COc1ccc(CCN(C)C(=O)c2ccc(CN(Cc3ccc(F)cc3)C3CCCCC3)o2)cc1OC. The number of methoxy groups -OCH3 is 2. The third-order valence-electron chi connectivity index (χ3n) is 7.15. The Kier molecular flexibility index (Phi) is 9.23. The molecular formula is C30H37FN2O4. The number of nitrogens with zero attached hydrogens (tertiary/aromatic N) is 2. The van der Waals surface area contributed by atoms with Gasteiger partial charge in [-0.3, -0.25) is 9.69 Å². The molecule has 37 heavy (non-hydrogen) atoms. The molecular weight excluding hydrogens is 471 g/mol. The molecule has 0 radical (unpaired) electrons. The number of benzene rings is 2. The van der Waals surface area contributed by atoms with Gasteiger partial charge in [-0.1, -0.05) is 37.5 Å². The molecule has 198 valence electrons. The molecule has 1 amide bonds. The molecule has 0 saturated heterocycles. The highest BCUT2D eigenvalue weighted by molar-refractivity contribution is 5.91. The van der Waals surface area contributed by atoms with Crippen molar-refractivity contribution in [3.8, 4) is 11.5 Å². The van der Waals surface area contributed by atoms with Crippen LogP contribution in [0.3, 0.4) is 0 Å². The van der Waals surface area contributed by atoms with E-state index >= 15 is 0 Å². The summed E-state index contributed by atoms with van der Waals surface area (Å²) in [6, 6.07) is 16.6. The van der Waals surface area contributed by atoms with Crippen molar-refractivity contribution in [1.29, 1.82) is 0 Å². The van der Waals surface area contributed by atoms with Crippen LogP contribution in [0, 0.1) is 5.82 Å². The van der Waals surface area contributed by atoms with Gasteiger partial charge in [-0.05, 0) is 66.8 Å². The first kappa shape index (κ1) is 26.7. The highest BCUT2D eigenvalue weighted by Crippen LogP contribution is 2.28. The lowest BCUT2D eigenvalue weighted by Gasteiger charge is -2.34. The first-order valence-electron chi connectivity index (χ1n) is 13.0. The van der Waals surface area contributed by atoms with Gasteiger partial charge < -0.3 is 18.8 Å². The summed E-state index contributed by atoms with van der Waals surface area (Å²) in [5.74, 6) is 2.10. The minimum absolute atomic E-state index is 0.144. The Bertz CT molecular complexity index is 1150. The van der Waals surface area contributed by atoms with E-state index in [9.17, 15) is 9.18 Å². The van der Waals surface area contributed by atoms with Crippen LogP contribution in [0.5, 0.6) is 11.5 Å². The van der Waals surface area contributed by atoms with Gasteiger partial charge in [0.15, 0.2) is 17.3 Å². The Balaban J connectivity index is 1.38. The Labute approximate surface area is 219 Å². The van der Waals surface area contributed by atoms with E-state index in [1.165, 1.54) is 31.4 Å². The minimum atomic E-state index is -0.225. The Morgan fingerprint density at radius 3 is 2.32 bits per heavy atom. The Hall–Kier alpha value is -3.32. The second-order valence-corrected chi connectivity index (χ2v) is 9.76. The number of furan rings is 1. The van der Waals surface area contributed by atoms with E-state index in [2.05, 4.69) is 4.90 Å². The summed E-state index contributed by atoms with van der Waals surface area (Å²) < 4.78 is 30.1. The average molecular weight is 509 g/mol. The van der Waals surface area contributed by atoms with Gasteiger partial charge in [0, 0.05) is 26.2 Å². The molecule has 0 unspecified atom stereocenters. The summed E-state index contributed by atoms with van der Waals surface area (Å²) in [7, 11) is 5.01. The highest BCUT2D eigenvalue weighted by Gasteiger charge is 2.24. The number of amides is 1. The average Bonchev–Trinajstić information content (AvgIpc) is 3.40. The van der Waals surface area contributed by atoms with E-state index in [-0.39, 0.29) is 11.7 Å². The van der Waals surface area contributed by atoms with E-state index in [4.69, 9.17) is 13.9 Å². The van der Waals surface area contributed by atoms with Crippen LogP contribution >= 0.6 is 0 Å². The number of hydrogen-bond acceptors (Lipinski definition) is 5. The van der Waals surface area contributed by atoms with Gasteiger partial charge in [0.05, 0.1) is 20.8 Å². The van der Waals surface area contributed by atoms with Gasteiger partial charge in [-0.15, -0.1) is 0 Å². The van der Waals surface area contributed by atoms with Crippen molar-refractivity contribution in [2.75, 3.05) is 27.8 Å². The highest BCUT2D eigenvalue weighted by atomic mass is 19.1. The van der Waals surface area contributed by atoms with Crippen LogP contribution in [0.4, 0.5) is 4.39 Å². The standard InChI is InChI=1S/C30H37FN2O4/c1-32(18-17-22-11-15-27(35-2)29(19-22)36-3)30(34)28-16-14-26(37-28)21-33(25-7-5-4-6-8-25)20-23-9-12-24(31)13-10-23/h9-16,19,25H,4-8,17-18,20-21H2,1-3H3. The zero-order chi connectivity index (χ0) is 26.2. The molecule has 0 atom stereocenters. The van der Waals surface area contributed by atoms with E-state index in [0.717, 1.165) is 36.3 Å². The van der Waals surface area contributed by atoms with Crippen LogP contribution in [0.1, 0.15) is 59.5 Å². The third kappa shape index (κ3) is 7.13. The lowest BCUT2D eigenvalue weighted by molar-refractivity contribution is 0.0757. The second kappa shape index (κ2) is 12.8. The van der Waals surface area contributed by atoms with Crippen molar-refractivity contribution >= 4 is 5.91 Å². The van der Waals surface area contributed by atoms with Crippen LogP contribution in [0.2, 0.25) is 0 Å². The van der Waals surface area contributed by atoms with Gasteiger partial charge in [-0.2, -0.15) is 0 Å². The molecule has 2 aromatic carbocycles. The zero-order valence-electron chi connectivity index (χ0n) is 22.0. The predicted molar refractivity (Wildman–Crippen MR) is 141 cm³/mol. The van der Waals surface area contributed by atoms with Gasteiger partial charge in [-0.25, -0.2) is 4.39 Å². The van der Waals surface area contributed by atoms with E-state index < -0.39 is 0 Å². The number of rotatable bonds is 11. The van der Waals surface area contributed by atoms with Crippen LogP contribution in [-0.4, -0.2) is 49.6 Å². The van der Waals surface area contributed by atoms with Crippen LogP contribution in [0.25, 0.3) is 0 Å². The van der Waals surface area contributed by atoms with Gasteiger partial charge in [0.25, 0.3) is 5.91 Å². The fourth-order valence-corrected chi connectivity index (χ4v) is 4.99. The molecule has 1 saturated carbocycles. The molecule has 1 aromatic heterocycles. The molecule has 0 N–H and O–H groups in total. The van der Waals surface area contributed by atoms with Gasteiger partial charge in [0.1, 0.15) is 11.6 Å². The maximum absolute atomic E-state index is 13.4. The fraction of sp³-hybridized carbons (Fsp3) is 0.433. The first-order valence-corrected chi connectivity index (χ1v) is 13.0. The smallest absolute Gasteiger partial charge is 0.289 e. The largest absolute Gasteiger partial charge is 0.493 e. The molecule has 1 fully saturated rings. The number of carbonyl (C=O) groups is 1. The lowest BCUT2D eigenvalue weighted by Crippen LogP contribution is -2.35. The normalized spacial score (nSPS) is 14.1. The molecule has 0 spiro atoms. The maximum Gasteiger partial charge on any atom is 0.289 e. The molecule has 3 aromatic rings. The maximum atomic E-state index is 13.4. The zero-order valence-corrected chi connectivity index (χ0v) is 22.0. The van der Waals surface area contributed by atoms with Crippen molar-refractivity contribution in [1.82, 2.24) is 9.80 Å². The molecule has 1 heterocycles. The van der Waals surface area contributed by atoms with Crippen molar-refractivity contribution < 1.29 is 23.1 Å². The summed E-state index contributed by atoms with van der Waals surface area (Å²) >= 11 is 0. The van der Waals surface area contributed by atoms with Crippen LogP contribution in [-0.2, 0) is 19.5 Å². The quantitative estimate of drug-likeness (QED) is 0.314. The molecule has 0 aliphatic heterocycles. The van der Waals surface area contributed by atoms with Crippen LogP contribution in [0.15, 0.2) is 59.0 Å². The summed E-state index contributed by atoms with van der Waals surface area (Å²) in [5, 5.41) is 0. The monoisotopic (exact) mass is 508 g/mol. The molecule has 4 rings (SSSR count). The summed E-state index contributed by atoms with van der Waals surface area (Å²) in [5.41, 5.74) is 2.13. The van der Waals surface area contributed by atoms with Gasteiger partial charge in [0.2, 0.25) is 0 Å². The number of ether oxygens (including phenoxy) is 2. The molecule has 1 aliphatic carbocycles. The predicted octanol–water partition coefficient (Wildman–Crippen LogP) is 6.09. The number of halogens is 1. The Morgan fingerprint density at radius 2 is 1.62 bits per heavy atom. The van der Waals surface area contributed by atoms with Gasteiger partial charge >= 0.3 is 0 Å². The lowest BCUT2D eigenvalue weighted by atomic mass is 9.93. The molecule has 0 bridgehead atoms. The second-order valence-electron chi connectivity index (χ2n) is 9.76. The van der Waals surface area contributed by atoms with Crippen molar-refractivity contribution in [3.05, 3.63) is 83.1 Å². The van der Waals surface area contributed by atoms with Crippen molar-refractivity contribution in [2.45, 2.75) is 57.7 Å². The Morgan fingerprint density at radius 1 is 0.919 bits per heavy atom. The van der Waals surface area contributed by atoms with E-state index in [1.807, 2.05) is 36.4 Å². The summed E-state index contributed by atoms with van der Waals surface area (Å²) in [6.07, 6.45) is 6.69. The third-order valence-corrected chi connectivity index (χ3v) is 7.15. The summed E-state index contributed by atoms with van der Waals surface area (Å²) in [4.78, 5) is 17.1. The summed E-state index contributed by atoms with van der Waals surface area (Å²) in [6.45, 7) is 1.88. The topological polar surface area (TPSA) is 55.2 Å². The minimum Gasteiger partial charge on any atom is -0.493 e. The fourth-order valence-electron chi connectivity index (χ4n) is 4.99. The van der Waals surface area contributed by atoms with E-state index in [1.54, 1.807) is 32.2 Å². The number of carbonyl (C=O) groups excluding carboxylic acids is 1.